The third-order valence-electron chi connectivity index (χ3n) is 3.11. The highest BCUT2D eigenvalue weighted by atomic mass is 79.9. The van der Waals surface area contributed by atoms with Gasteiger partial charge < -0.3 is 5.73 Å². The van der Waals surface area contributed by atoms with Gasteiger partial charge in [-0.25, -0.2) is 0 Å². The molecular weight excluding hydrogens is 258 g/mol. The van der Waals surface area contributed by atoms with E-state index in [2.05, 4.69) is 27.4 Å². The molecule has 2 rings (SSSR count). The van der Waals surface area contributed by atoms with E-state index < -0.39 is 0 Å². The molecule has 2 atom stereocenters. The zero-order valence-corrected chi connectivity index (χ0v) is 10.6. The summed E-state index contributed by atoms with van der Waals surface area (Å²) in [5, 5.41) is 2.15. The molecule has 0 spiro atoms. The van der Waals surface area contributed by atoms with Crippen LogP contribution in [-0.2, 0) is 6.42 Å². The van der Waals surface area contributed by atoms with Crippen molar-refractivity contribution in [3.05, 3.63) is 20.8 Å². The van der Waals surface area contributed by atoms with E-state index in [9.17, 15) is 0 Å². The molecule has 2 N–H and O–H groups in total. The number of rotatable bonds is 2. The molecule has 0 radical (unpaired) electrons. The number of hydrogen-bond donors (Lipinski definition) is 1. The summed E-state index contributed by atoms with van der Waals surface area (Å²) in [7, 11) is 0. The Morgan fingerprint density at radius 1 is 1.43 bits per heavy atom. The maximum atomic E-state index is 6.13. The van der Waals surface area contributed by atoms with Crippen LogP contribution < -0.4 is 5.73 Å². The monoisotopic (exact) mass is 273 g/mol. The number of hydrogen-bond acceptors (Lipinski definition) is 2. The van der Waals surface area contributed by atoms with Crippen molar-refractivity contribution in [2.45, 2.75) is 38.1 Å². The summed E-state index contributed by atoms with van der Waals surface area (Å²) in [5.41, 5.74) is 6.13. The molecule has 0 amide bonds. The normalized spacial score (nSPS) is 27.9. The van der Waals surface area contributed by atoms with Crippen LogP contribution in [0, 0.1) is 5.92 Å². The minimum atomic E-state index is 0.428. The van der Waals surface area contributed by atoms with Crippen LogP contribution in [0.25, 0.3) is 0 Å². The molecule has 0 aliphatic heterocycles. The third-order valence-corrected chi connectivity index (χ3v) is 5.06. The Hall–Kier alpha value is 0.140. The number of thiophene rings is 1. The predicted molar refractivity (Wildman–Crippen MR) is 65.7 cm³/mol. The fourth-order valence-electron chi connectivity index (χ4n) is 2.20. The molecule has 1 saturated carbocycles. The molecule has 1 aliphatic carbocycles. The zero-order valence-electron chi connectivity index (χ0n) is 8.21. The molecule has 0 aromatic carbocycles. The number of halogens is 1. The Bertz CT molecular complexity index is 297. The van der Waals surface area contributed by atoms with Crippen molar-refractivity contribution in [2.24, 2.45) is 11.7 Å². The summed E-state index contributed by atoms with van der Waals surface area (Å²) < 4.78 is 1.26. The summed E-state index contributed by atoms with van der Waals surface area (Å²) >= 11 is 5.43. The molecule has 78 valence electrons. The zero-order chi connectivity index (χ0) is 9.97. The second-order valence-electron chi connectivity index (χ2n) is 4.10. The Kier molecular flexibility index (Phi) is 3.63. The molecule has 1 aromatic rings. The molecule has 1 aliphatic rings. The van der Waals surface area contributed by atoms with E-state index in [4.69, 9.17) is 5.73 Å². The van der Waals surface area contributed by atoms with Gasteiger partial charge in [-0.15, -0.1) is 11.3 Å². The van der Waals surface area contributed by atoms with E-state index in [1.54, 1.807) is 0 Å². The van der Waals surface area contributed by atoms with Gasteiger partial charge in [0, 0.05) is 15.4 Å². The highest BCUT2D eigenvalue weighted by Crippen LogP contribution is 2.31. The van der Waals surface area contributed by atoms with Crippen LogP contribution >= 0.6 is 27.3 Å². The van der Waals surface area contributed by atoms with Gasteiger partial charge in [0.05, 0.1) is 0 Å². The van der Waals surface area contributed by atoms with Gasteiger partial charge >= 0.3 is 0 Å². The Balaban J connectivity index is 1.99. The molecule has 2 unspecified atom stereocenters. The summed E-state index contributed by atoms with van der Waals surface area (Å²) in [4.78, 5) is 1.47. The summed E-state index contributed by atoms with van der Waals surface area (Å²) in [6.07, 6.45) is 6.38. The Morgan fingerprint density at radius 2 is 2.21 bits per heavy atom. The molecule has 0 bridgehead atoms. The Morgan fingerprint density at radius 3 is 2.86 bits per heavy atom. The predicted octanol–water partition coefficient (Wildman–Crippen LogP) is 3.57. The van der Waals surface area contributed by atoms with E-state index in [1.807, 2.05) is 11.3 Å². The molecule has 1 aromatic heterocycles. The van der Waals surface area contributed by atoms with Crippen molar-refractivity contribution in [3.8, 4) is 0 Å². The van der Waals surface area contributed by atoms with Crippen molar-refractivity contribution in [2.75, 3.05) is 0 Å². The summed E-state index contributed by atoms with van der Waals surface area (Å²) in [6, 6.07) is 2.56. The van der Waals surface area contributed by atoms with Crippen molar-refractivity contribution >= 4 is 27.3 Å². The molecule has 1 nitrogen and oxygen atoms in total. The van der Waals surface area contributed by atoms with E-state index >= 15 is 0 Å². The average molecular weight is 274 g/mol. The fraction of sp³-hybridized carbons (Fsp3) is 0.636. The highest BCUT2D eigenvalue weighted by Gasteiger charge is 2.22. The van der Waals surface area contributed by atoms with Crippen molar-refractivity contribution in [1.29, 1.82) is 0 Å². The van der Waals surface area contributed by atoms with Crippen LogP contribution in [-0.4, -0.2) is 6.04 Å². The lowest BCUT2D eigenvalue weighted by molar-refractivity contribution is 0.307. The van der Waals surface area contributed by atoms with E-state index in [0.717, 1.165) is 0 Å². The Labute approximate surface area is 97.8 Å². The SMILES string of the molecule is NC1CCCCC1Cc1sccc1Br. The van der Waals surface area contributed by atoms with E-state index in [1.165, 1.54) is 41.5 Å². The largest absolute Gasteiger partial charge is 0.327 e. The lowest BCUT2D eigenvalue weighted by Crippen LogP contribution is -2.34. The van der Waals surface area contributed by atoms with Gasteiger partial charge in [0.15, 0.2) is 0 Å². The van der Waals surface area contributed by atoms with E-state index in [0.29, 0.717) is 12.0 Å². The summed E-state index contributed by atoms with van der Waals surface area (Å²) in [6.45, 7) is 0. The van der Waals surface area contributed by atoms with Crippen molar-refractivity contribution in [3.63, 3.8) is 0 Å². The van der Waals surface area contributed by atoms with Crippen molar-refractivity contribution < 1.29 is 0 Å². The maximum absolute atomic E-state index is 6.13. The first-order valence-corrected chi connectivity index (χ1v) is 6.92. The van der Waals surface area contributed by atoms with E-state index in [-0.39, 0.29) is 0 Å². The van der Waals surface area contributed by atoms with Gasteiger partial charge in [-0.3, -0.25) is 0 Å². The van der Waals surface area contributed by atoms with Gasteiger partial charge in [-0.1, -0.05) is 12.8 Å². The average Bonchev–Trinajstić information content (AvgIpc) is 2.56. The van der Waals surface area contributed by atoms with Crippen LogP contribution in [0.1, 0.15) is 30.6 Å². The van der Waals surface area contributed by atoms with Crippen LogP contribution in [0.5, 0.6) is 0 Å². The topological polar surface area (TPSA) is 26.0 Å². The quantitative estimate of drug-likeness (QED) is 0.876. The minimum absolute atomic E-state index is 0.428. The molecule has 14 heavy (non-hydrogen) atoms. The van der Waals surface area contributed by atoms with Gasteiger partial charge in [0.2, 0.25) is 0 Å². The van der Waals surface area contributed by atoms with Crippen LogP contribution in [0.15, 0.2) is 15.9 Å². The third kappa shape index (κ3) is 2.38. The minimum Gasteiger partial charge on any atom is -0.327 e. The van der Waals surface area contributed by atoms with Gasteiger partial charge in [-0.05, 0) is 52.6 Å². The first-order valence-electron chi connectivity index (χ1n) is 5.25. The molecular formula is C11H16BrNS. The lowest BCUT2D eigenvalue weighted by atomic mass is 9.83. The molecule has 0 saturated heterocycles. The second-order valence-corrected chi connectivity index (χ2v) is 5.96. The first-order chi connectivity index (χ1) is 6.77. The number of nitrogens with two attached hydrogens (primary N) is 1. The molecule has 1 fully saturated rings. The lowest BCUT2D eigenvalue weighted by Gasteiger charge is -2.28. The first kappa shape index (κ1) is 10.7. The summed E-state index contributed by atoms with van der Waals surface area (Å²) in [5.74, 6) is 0.707. The standard InChI is InChI=1S/C11H16BrNS/c12-9-5-6-14-11(9)7-8-3-1-2-4-10(8)13/h5-6,8,10H,1-4,7,13H2. The van der Waals surface area contributed by atoms with Crippen molar-refractivity contribution in [1.82, 2.24) is 0 Å². The smallest absolute Gasteiger partial charge is 0.0314 e. The van der Waals surface area contributed by atoms with Gasteiger partial charge in [0.1, 0.15) is 0 Å². The highest BCUT2D eigenvalue weighted by molar-refractivity contribution is 9.10. The maximum Gasteiger partial charge on any atom is 0.0314 e. The fourth-order valence-corrected chi connectivity index (χ4v) is 3.81. The molecule has 3 heteroatoms. The van der Waals surface area contributed by atoms with Crippen LogP contribution in [0.4, 0.5) is 0 Å². The van der Waals surface area contributed by atoms with Crippen LogP contribution in [0.2, 0.25) is 0 Å². The van der Waals surface area contributed by atoms with Gasteiger partial charge in [-0.2, -0.15) is 0 Å². The van der Waals surface area contributed by atoms with Crippen LogP contribution in [0.3, 0.4) is 0 Å². The second kappa shape index (κ2) is 4.77. The van der Waals surface area contributed by atoms with Gasteiger partial charge in [0.25, 0.3) is 0 Å². The molecule has 1 heterocycles.